The molecule has 0 N–H and O–H groups in total. The summed E-state index contributed by atoms with van der Waals surface area (Å²) < 4.78 is 58.9. The molecule has 3 saturated carbocycles. The van der Waals surface area contributed by atoms with Gasteiger partial charge in [0.1, 0.15) is 0 Å². The van der Waals surface area contributed by atoms with E-state index in [4.69, 9.17) is 12.9 Å². The van der Waals surface area contributed by atoms with Crippen LogP contribution >= 0.6 is 22.8 Å². The molecule has 0 spiro atoms. The van der Waals surface area contributed by atoms with Crippen LogP contribution in [-0.4, -0.2) is 17.0 Å². The SMILES string of the molecule is CC1CCC(P2(=O)OP(=O)(C3CCC(C)C3)OP(=O)(C3CCC(C)C3)O2)C1. The lowest BCUT2D eigenvalue weighted by atomic mass is 10.1. The van der Waals surface area contributed by atoms with E-state index in [9.17, 15) is 13.7 Å². The highest BCUT2D eigenvalue weighted by Crippen LogP contribution is 2.88. The summed E-state index contributed by atoms with van der Waals surface area (Å²) in [6, 6.07) is 0. The summed E-state index contributed by atoms with van der Waals surface area (Å²) in [6.45, 7) is 6.34. The molecule has 1 heterocycles. The molecule has 27 heavy (non-hydrogen) atoms. The first kappa shape index (κ1) is 20.8. The third kappa shape index (κ3) is 3.97. The molecular formula is C18H33O6P3. The van der Waals surface area contributed by atoms with Gasteiger partial charge in [0.15, 0.2) is 0 Å². The first-order valence-corrected chi connectivity index (χ1v) is 15.4. The molecule has 6 unspecified atom stereocenters. The molecule has 0 aromatic carbocycles. The van der Waals surface area contributed by atoms with Crippen LogP contribution in [0.5, 0.6) is 0 Å². The van der Waals surface area contributed by atoms with E-state index in [1.165, 1.54) is 0 Å². The average Bonchev–Trinajstić information content (AvgIpc) is 3.28. The second kappa shape index (κ2) is 7.36. The molecule has 0 bridgehead atoms. The fourth-order valence-corrected chi connectivity index (χ4v) is 16.7. The minimum Gasteiger partial charge on any atom is -0.259 e. The highest BCUT2D eigenvalue weighted by atomic mass is 31.3. The Morgan fingerprint density at radius 3 is 0.963 bits per heavy atom. The highest BCUT2D eigenvalue weighted by Gasteiger charge is 2.62. The zero-order valence-electron chi connectivity index (χ0n) is 16.6. The van der Waals surface area contributed by atoms with Crippen molar-refractivity contribution in [1.82, 2.24) is 0 Å². The maximum atomic E-state index is 13.8. The molecule has 156 valence electrons. The molecule has 4 aliphatic rings. The van der Waals surface area contributed by atoms with E-state index < -0.39 is 22.8 Å². The molecule has 6 nitrogen and oxygen atoms in total. The Morgan fingerprint density at radius 1 is 0.519 bits per heavy atom. The normalized spacial score (nSPS) is 56.6. The zero-order chi connectivity index (χ0) is 19.4. The van der Waals surface area contributed by atoms with Crippen LogP contribution in [-0.2, 0) is 26.6 Å². The summed E-state index contributed by atoms with van der Waals surface area (Å²) in [4.78, 5) is 0. The van der Waals surface area contributed by atoms with Gasteiger partial charge in [-0.05, 0) is 75.5 Å². The summed E-state index contributed by atoms with van der Waals surface area (Å²) in [6.07, 6.45) is 7.08. The van der Waals surface area contributed by atoms with E-state index in [2.05, 4.69) is 20.8 Å². The van der Waals surface area contributed by atoms with Crippen molar-refractivity contribution in [2.24, 2.45) is 17.8 Å². The van der Waals surface area contributed by atoms with Gasteiger partial charge in [-0.2, -0.15) is 0 Å². The molecule has 4 fully saturated rings. The van der Waals surface area contributed by atoms with Crippen molar-refractivity contribution in [3.8, 4) is 0 Å². The zero-order valence-corrected chi connectivity index (χ0v) is 19.3. The Labute approximate surface area is 163 Å². The van der Waals surface area contributed by atoms with E-state index in [-0.39, 0.29) is 17.0 Å². The van der Waals surface area contributed by atoms with E-state index >= 15 is 0 Å². The fourth-order valence-electron chi connectivity index (χ4n) is 5.31. The lowest BCUT2D eigenvalue weighted by Gasteiger charge is -2.40. The summed E-state index contributed by atoms with van der Waals surface area (Å²) in [7, 11) is -11.2. The Hall–Kier alpha value is 0.570. The van der Waals surface area contributed by atoms with Gasteiger partial charge in [-0.1, -0.05) is 20.8 Å². The fraction of sp³-hybridized carbons (Fsp3) is 1.00. The summed E-state index contributed by atoms with van der Waals surface area (Å²) in [5.74, 6) is 1.27. The molecule has 1 aliphatic heterocycles. The Kier molecular flexibility index (Phi) is 5.68. The monoisotopic (exact) mass is 438 g/mol. The number of hydrogen-bond acceptors (Lipinski definition) is 6. The summed E-state index contributed by atoms with van der Waals surface area (Å²) in [5, 5.41) is 0. The van der Waals surface area contributed by atoms with Crippen molar-refractivity contribution in [1.29, 1.82) is 0 Å². The second-order valence-electron chi connectivity index (χ2n) is 9.58. The average molecular weight is 438 g/mol. The lowest BCUT2D eigenvalue weighted by molar-refractivity contribution is 0.257. The Bertz CT molecular complexity index is 611. The first-order chi connectivity index (χ1) is 12.6. The van der Waals surface area contributed by atoms with Gasteiger partial charge in [0, 0.05) is 0 Å². The van der Waals surface area contributed by atoms with Crippen LogP contribution in [0.2, 0.25) is 0 Å². The first-order valence-electron chi connectivity index (χ1n) is 10.5. The highest BCUT2D eigenvalue weighted by molar-refractivity contribution is 7.81. The Balaban J connectivity index is 1.68. The quantitative estimate of drug-likeness (QED) is 0.434. The van der Waals surface area contributed by atoms with Crippen molar-refractivity contribution >= 4 is 22.8 Å². The summed E-state index contributed by atoms with van der Waals surface area (Å²) in [5.41, 5.74) is -0.929. The van der Waals surface area contributed by atoms with E-state index in [1.807, 2.05) is 0 Å². The molecular weight excluding hydrogens is 405 g/mol. The number of rotatable bonds is 3. The second-order valence-corrected chi connectivity index (χ2v) is 17.0. The van der Waals surface area contributed by atoms with Gasteiger partial charge < -0.3 is 0 Å². The van der Waals surface area contributed by atoms with Crippen LogP contribution in [0.1, 0.15) is 78.6 Å². The smallest absolute Gasteiger partial charge is 0.259 e. The third-order valence-corrected chi connectivity index (χ3v) is 16.6. The maximum absolute atomic E-state index is 13.8. The van der Waals surface area contributed by atoms with E-state index in [0.29, 0.717) is 56.3 Å². The van der Waals surface area contributed by atoms with Crippen LogP contribution in [0.4, 0.5) is 0 Å². The minimum atomic E-state index is -3.74. The van der Waals surface area contributed by atoms with Gasteiger partial charge in [-0.15, -0.1) is 0 Å². The van der Waals surface area contributed by atoms with Crippen LogP contribution in [0.3, 0.4) is 0 Å². The van der Waals surface area contributed by atoms with Crippen molar-refractivity contribution in [2.45, 2.75) is 95.5 Å². The third-order valence-electron chi connectivity index (χ3n) is 7.03. The van der Waals surface area contributed by atoms with Gasteiger partial charge in [-0.3, -0.25) is 13.7 Å². The standard InChI is InChI=1S/C18H33O6P3/c1-13-4-7-16(10-13)25(19)22-26(20,17-8-5-14(2)11-17)24-27(21,23-25)18-9-6-15(3)12-18/h13-18H,4-12H2,1-3H3. The van der Waals surface area contributed by atoms with E-state index in [1.54, 1.807) is 0 Å². The van der Waals surface area contributed by atoms with Crippen LogP contribution in [0, 0.1) is 17.8 Å². The van der Waals surface area contributed by atoms with Crippen LogP contribution < -0.4 is 0 Å². The summed E-state index contributed by atoms with van der Waals surface area (Å²) >= 11 is 0. The van der Waals surface area contributed by atoms with Gasteiger partial charge >= 0.3 is 22.8 Å². The topological polar surface area (TPSA) is 78.9 Å². The van der Waals surface area contributed by atoms with Gasteiger partial charge in [0.2, 0.25) is 0 Å². The molecule has 0 aromatic rings. The van der Waals surface area contributed by atoms with Crippen molar-refractivity contribution in [3.05, 3.63) is 0 Å². The predicted octanol–water partition coefficient (Wildman–Crippen LogP) is 7.19. The molecule has 0 amide bonds. The van der Waals surface area contributed by atoms with Gasteiger partial charge in [0.25, 0.3) is 0 Å². The molecule has 4 rings (SSSR count). The molecule has 6 atom stereocenters. The van der Waals surface area contributed by atoms with Crippen LogP contribution in [0.15, 0.2) is 0 Å². The van der Waals surface area contributed by atoms with Gasteiger partial charge in [0.05, 0.1) is 17.0 Å². The molecule has 0 radical (unpaired) electrons. The van der Waals surface area contributed by atoms with Crippen molar-refractivity contribution < 1.29 is 26.6 Å². The minimum absolute atomic E-state index is 0.310. The molecule has 9 heteroatoms. The molecule has 1 saturated heterocycles. The largest absolute Gasteiger partial charge is 0.348 e. The van der Waals surface area contributed by atoms with Crippen molar-refractivity contribution in [2.75, 3.05) is 0 Å². The van der Waals surface area contributed by atoms with E-state index in [0.717, 1.165) is 19.3 Å². The lowest BCUT2D eigenvalue weighted by Crippen LogP contribution is -2.22. The Morgan fingerprint density at radius 2 is 0.778 bits per heavy atom. The number of hydrogen-bond donors (Lipinski definition) is 0. The van der Waals surface area contributed by atoms with Gasteiger partial charge in [-0.25, -0.2) is 12.9 Å². The van der Waals surface area contributed by atoms with Crippen molar-refractivity contribution in [3.63, 3.8) is 0 Å². The maximum Gasteiger partial charge on any atom is 0.348 e. The molecule has 3 aliphatic carbocycles. The van der Waals surface area contributed by atoms with Crippen LogP contribution in [0.25, 0.3) is 0 Å². The molecule has 0 aromatic heterocycles. The predicted molar refractivity (Wildman–Crippen MR) is 106 cm³/mol.